The van der Waals surface area contributed by atoms with Crippen LogP contribution < -0.4 is 0 Å². The zero-order valence-corrected chi connectivity index (χ0v) is 44.7. The van der Waals surface area contributed by atoms with E-state index >= 15 is 0 Å². The number of hydrogen-bond donors (Lipinski definition) is 2. The minimum atomic E-state index is -4.74. The summed E-state index contributed by atoms with van der Waals surface area (Å²) in [6.45, 7) is 4.57. The van der Waals surface area contributed by atoms with E-state index in [1.165, 1.54) is 103 Å². The molecule has 0 fully saturated rings. The second kappa shape index (κ2) is 51.1. The Hall–Kier alpha value is -2.30. The summed E-state index contributed by atoms with van der Waals surface area (Å²) in [5, 5.41) is 9.79. The predicted molar refractivity (Wildman–Crippen MR) is 279 cm³/mol. The number of aliphatic hydroxyl groups is 1. The molecule has 3 unspecified atom stereocenters. The van der Waals surface area contributed by atoms with Crippen LogP contribution in [0.25, 0.3) is 0 Å². The average Bonchev–Trinajstić information content (AvgIpc) is 3.32. The van der Waals surface area contributed by atoms with E-state index in [1.54, 1.807) is 0 Å². The summed E-state index contributed by atoms with van der Waals surface area (Å²) in [5.74, 6) is -1.48. The molecule has 0 aromatic heterocycles. The molecule has 68 heavy (non-hydrogen) atoms. The number of carbonyl (C=O) groups is 3. The molecule has 0 bridgehead atoms. The van der Waals surface area contributed by atoms with Crippen molar-refractivity contribution in [1.82, 2.24) is 0 Å². The Kier molecular flexibility index (Phi) is 49.3. The number of esters is 3. The topological polar surface area (TPSA) is 155 Å². The van der Waals surface area contributed by atoms with Gasteiger partial charge in [0.05, 0.1) is 19.8 Å². The van der Waals surface area contributed by atoms with Crippen molar-refractivity contribution >= 4 is 25.7 Å². The maximum atomic E-state index is 12.9. The highest BCUT2D eigenvalue weighted by Crippen LogP contribution is 2.43. The highest BCUT2D eigenvalue weighted by atomic mass is 31.2. The Morgan fingerprint density at radius 3 is 1.16 bits per heavy atom. The van der Waals surface area contributed by atoms with Gasteiger partial charge in [0.25, 0.3) is 0 Å². The standard InChI is InChI=1S/C56H103O11P/c1-4-7-10-13-16-19-22-25-26-29-32-35-38-41-44-47-56(60)67-53(49-63-54(58)45-42-39-36-33-30-27-23-20-17-14-11-8-5-2)51-65-68(61,62)64-50-52(48-57)66-55(59)46-43-40-37-34-31-28-24-21-18-15-12-9-6-3/h11,14,20,23,25-26,52-53,57H,4-10,12-13,15-19,21-22,24,27-51H2,1-3H3,(H,61,62)/b14-11-,23-20-,26-25-. The second-order valence-electron chi connectivity index (χ2n) is 18.7. The normalized spacial score (nSPS) is 13.7. The van der Waals surface area contributed by atoms with E-state index in [2.05, 4.69) is 57.2 Å². The van der Waals surface area contributed by atoms with Gasteiger partial charge in [0.1, 0.15) is 12.7 Å². The van der Waals surface area contributed by atoms with Gasteiger partial charge in [-0.1, -0.05) is 211 Å². The average molecular weight is 983 g/mol. The summed E-state index contributed by atoms with van der Waals surface area (Å²) in [4.78, 5) is 48.4. The molecule has 2 N–H and O–H groups in total. The van der Waals surface area contributed by atoms with Gasteiger partial charge in [0.15, 0.2) is 6.10 Å². The van der Waals surface area contributed by atoms with E-state index in [1.807, 2.05) is 0 Å². The van der Waals surface area contributed by atoms with E-state index in [0.29, 0.717) is 19.3 Å². The van der Waals surface area contributed by atoms with Gasteiger partial charge in [-0.2, -0.15) is 0 Å². The quantitative estimate of drug-likeness (QED) is 0.0197. The summed E-state index contributed by atoms with van der Waals surface area (Å²) in [6.07, 6.45) is 51.0. The van der Waals surface area contributed by atoms with Crippen molar-refractivity contribution in [2.45, 2.75) is 277 Å². The molecule has 0 aliphatic heterocycles. The summed E-state index contributed by atoms with van der Waals surface area (Å²) in [5.41, 5.74) is 0. The lowest BCUT2D eigenvalue weighted by Crippen LogP contribution is -2.30. The molecule has 12 heteroatoms. The maximum absolute atomic E-state index is 12.9. The fourth-order valence-corrected chi connectivity index (χ4v) is 8.53. The molecular weight excluding hydrogens is 880 g/mol. The minimum absolute atomic E-state index is 0.157. The Morgan fingerprint density at radius 2 is 0.750 bits per heavy atom. The molecule has 0 saturated heterocycles. The lowest BCUT2D eigenvalue weighted by Gasteiger charge is -2.21. The summed E-state index contributed by atoms with van der Waals surface area (Å²) < 4.78 is 39.4. The predicted octanol–water partition coefficient (Wildman–Crippen LogP) is 16.0. The van der Waals surface area contributed by atoms with Gasteiger partial charge in [-0.15, -0.1) is 0 Å². The molecule has 0 saturated carbocycles. The van der Waals surface area contributed by atoms with Gasteiger partial charge in [-0.3, -0.25) is 23.4 Å². The third kappa shape index (κ3) is 48.7. The van der Waals surface area contributed by atoms with Crippen LogP contribution in [-0.2, 0) is 42.2 Å². The van der Waals surface area contributed by atoms with Crippen molar-refractivity contribution in [2.24, 2.45) is 0 Å². The van der Waals surface area contributed by atoms with Crippen molar-refractivity contribution in [3.05, 3.63) is 36.5 Å². The molecule has 0 rings (SSSR count). The van der Waals surface area contributed by atoms with E-state index < -0.39 is 57.8 Å². The molecule has 11 nitrogen and oxygen atoms in total. The first kappa shape index (κ1) is 65.7. The number of phosphoric ester groups is 1. The highest BCUT2D eigenvalue weighted by molar-refractivity contribution is 7.47. The first-order valence-electron chi connectivity index (χ1n) is 27.9. The van der Waals surface area contributed by atoms with Crippen LogP contribution in [0.1, 0.15) is 265 Å². The van der Waals surface area contributed by atoms with Crippen molar-refractivity contribution in [3.63, 3.8) is 0 Å². The zero-order valence-electron chi connectivity index (χ0n) is 43.8. The number of rotatable bonds is 52. The van der Waals surface area contributed by atoms with Crippen LogP contribution in [-0.4, -0.2) is 66.5 Å². The molecule has 0 spiro atoms. The molecule has 0 aliphatic rings. The highest BCUT2D eigenvalue weighted by Gasteiger charge is 2.28. The Morgan fingerprint density at radius 1 is 0.412 bits per heavy atom. The molecular formula is C56H103O11P. The van der Waals surface area contributed by atoms with Gasteiger partial charge < -0.3 is 24.2 Å². The molecule has 0 heterocycles. The summed E-state index contributed by atoms with van der Waals surface area (Å²) in [7, 11) is -4.74. The number of carbonyl (C=O) groups excluding carboxylic acids is 3. The number of phosphoric acid groups is 1. The number of ether oxygens (including phenoxy) is 3. The van der Waals surface area contributed by atoms with E-state index in [0.717, 1.165) is 103 Å². The lowest BCUT2D eigenvalue weighted by molar-refractivity contribution is -0.161. The van der Waals surface area contributed by atoms with Gasteiger partial charge in [0, 0.05) is 19.3 Å². The Bertz CT molecular complexity index is 1280. The van der Waals surface area contributed by atoms with Crippen LogP contribution in [0.2, 0.25) is 0 Å². The third-order valence-corrected chi connectivity index (χ3v) is 13.0. The molecule has 0 aromatic rings. The first-order valence-corrected chi connectivity index (χ1v) is 29.4. The van der Waals surface area contributed by atoms with E-state index in [9.17, 15) is 28.9 Å². The molecule has 0 radical (unpaired) electrons. The van der Waals surface area contributed by atoms with E-state index in [-0.39, 0.29) is 25.9 Å². The first-order chi connectivity index (χ1) is 33.2. The van der Waals surface area contributed by atoms with Crippen LogP contribution in [0.15, 0.2) is 36.5 Å². The fraction of sp³-hybridized carbons (Fsp3) is 0.839. The largest absolute Gasteiger partial charge is 0.472 e. The van der Waals surface area contributed by atoms with Gasteiger partial charge in [-0.05, 0) is 70.6 Å². The number of aliphatic hydroxyl groups excluding tert-OH is 1. The van der Waals surface area contributed by atoms with Crippen molar-refractivity contribution in [3.8, 4) is 0 Å². The number of hydrogen-bond acceptors (Lipinski definition) is 10. The maximum Gasteiger partial charge on any atom is 0.472 e. The molecule has 398 valence electrons. The molecule has 0 amide bonds. The SMILES string of the molecule is CCC/C=C\C/C=C\CCCCCCCC(=O)OCC(COP(=O)(O)OCC(CO)OC(=O)CCCCCCCCCCCCCCC)OC(=O)CCCCCCC/C=C\CCCCCCCC. The van der Waals surface area contributed by atoms with Crippen molar-refractivity contribution in [1.29, 1.82) is 0 Å². The monoisotopic (exact) mass is 983 g/mol. The Balaban J connectivity index is 4.73. The van der Waals surface area contributed by atoms with Crippen LogP contribution in [0.4, 0.5) is 0 Å². The summed E-state index contributed by atoms with van der Waals surface area (Å²) >= 11 is 0. The molecule has 3 atom stereocenters. The molecule has 0 aromatic carbocycles. The minimum Gasteiger partial charge on any atom is -0.462 e. The molecule has 0 aliphatic carbocycles. The Labute approximate surface area is 416 Å². The van der Waals surface area contributed by atoms with Crippen LogP contribution >= 0.6 is 7.82 Å². The van der Waals surface area contributed by atoms with Crippen molar-refractivity contribution < 1.29 is 52.2 Å². The lowest BCUT2D eigenvalue weighted by atomic mass is 10.0. The van der Waals surface area contributed by atoms with Gasteiger partial charge in [0.2, 0.25) is 0 Å². The van der Waals surface area contributed by atoms with Gasteiger partial charge >= 0.3 is 25.7 Å². The van der Waals surface area contributed by atoms with Crippen LogP contribution in [0.5, 0.6) is 0 Å². The zero-order chi connectivity index (χ0) is 49.9. The second-order valence-corrected chi connectivity index (χ2v) is 20.2. The third-order valence-electron chi connectivity index (χ3n) is 12.0. The summed E-state index contributed by atoms with van der Waals surface area (Å²) in [6, 6.07) is 0. The number of allylic oxidation sites excluding steroid dienone is 6. The van der Waals surface area contributed by atoms with Gasteiger partial charge in [-0.25, -0.2) is 4.57 Å². The fourth-order valence-electron chi connectivity index (χ4n) is 7.74. The van der Waals surface area contributed by atoms with E-state index in [4.69, 9.17) is 23.3 Å². The van der Waals surface area contributed by atoms with Crippen LogP contribution in [0.3, 0.4) is 0 Å². The number of unbranched alkanes of at least 4 members (excludes halogenated alkanes) is 29. The van der Waals surface area contributed by atoms with Crippen LogP contribution in [0, 0.1) is 0 Å². The smallest absolute Gasteiger partial charge is 0.462 e. The van der Waals surface area contributed by atoms with Crippen molar-refractivity contribution in [2.75, 3.05) is 26.4 Å².